The van der Waals surface area contributed by atoms with Crippen LogP contribution in [0.3, 0.4) is 0 Å². The van der Waals surface area contributed by atoms with Gasteiger partial charge in [0.1, 0.15) is 5.75 Å². The maximum atomic E-state index is 10.5. The number of methoxy groups -OCH3 is 1. The third-order valence-corrected chi connectivity index (χ3v) is 5.50. The van der Waals surface area contributed by atoms with Crippen LogP contribution in [0.15, 0.2) is 22.6 Å². The summed E-state index contributed by atoms with van der Waals surface area (Å²) in [7, 11) is 1.54. The zero-order valence-corrected chi connectivity index (χ0v) is 17.6. The second-order valence-electron chi connectivity index (χ2n) is 7.69. The van der Waals surface area contributed by atoms with Crippen molar-refractivity contribution in [3.63, 3.8) is 0 Å². The van der Waals surface area contributed by atoms with Crippen molar-refractivity contribution >= 4 is 17.2 Å². The highest BCUT2D eigenvalue weighted by Crippen LogP contribution is 2.37. The molecule has 0 bridgehead atoms. The summed E-state index contributed by atoms with van der Waals surface area (Å²) >= 11 is 0. The maximum Gasteiger partial charge on any atom is 0.297 e. The van der Waals surface area contributed by atoms with E-state index in [2.05, 4.69) is 20.2 Å². The zero-order chi connectivity index (χ0) is 22.0. The molecule has 3 N–H and O–H groups in total. The number of nitriles is 1. The first kappa shape index (κ1) is 20.9. The Kier molecular flexibility index (Phi) is 5.93. The van der Waals surface area contributed by atoms with Gasteiger partial charge in [-0.1, -0.05) is 0 Å². The number of aromatic hydroxyl groups is 1. The minimum atomic E-state index is -0.0292. The summed E-state index contributed by atoms with van der Waals surface area (Å²) in [5.74, 6) is 0.424. The lowest BCUT2D eigenvalue weighted by molar-refractivity contribution is 0.166. The van der Waals surface area contributed by atoms with Crippen molar-refractivity contribution in [3.8, 4) is 28.8 Å². The lowest BCUT2D eigenvalue weighted by atomic mass is 10.0. The van der Waals surface area contributed by atoms with Gasteiger partial charge in [-0.05, 0) is 44.0 Å². The van der Waals surface area contributed by atoms with Crippen molar-refractivity contribution in [3.05, 3.63) is 29.3 Å². The van der Waals surface area contributed by atoms with E-state index in [4.69, 9.17) is 14.4 Å². The van der Waals surface area contributed by atoms with E-state index in [0.717, 1.165) is 31.5 Å². The fourth-order valence-electron chi connectivity index (χ4n) is 4.08. The summed E-state index contributed by atoms with van der Waals surface area (Å²) in [6, 6.07) is 7.35. The van der Waals surface area contributed by atoms with Crippen LogP contribution in [-0.2, 0) is 0 Å². The monoisotopic (exact) mass is 423 g/mol. The third kappa shape index (κ3) is 4.26. The highest BCUT2D eigenvalue weighted by atomic mass is 16.5. The van der Waals surface area contributed by atoms with Crippen molar-refractivity contribution in [2.75, 3.05) is 38.7 Å². The molecule has 2 aromatic heterocycles. The number of ether oxygens (including phenoxy) is 1. The van der Waals surface area contributed by atoms with Crippen LogP contribution >= 0.6 is 0 Å². The summed E-state index contributed by atoms with van der Waals surface area (Å²) in [6.45, 7) is 4.37. The number of benzene rings is 1. The number of aliphatic hydroxyl groups excluding tert-OH is 1. The molecule has 9 nitrogen and oxygen atoms in total. The molecule has 0 radical (unpaired) electrons. The Bertz CT molecular complexity index is 1110. The molecule has 1 saturated heterocycles. The third-order valence-electron chi connectivity index (χ3n) is 5.50. The second kappa shape index (κ2) is 8.79. The van der Waals surface area contributed by atoms with Crippen LogP contribution in [0, 0.1) is 18.3 Å². The highest BCUT2D eigenvalue weighted by molar-refractivity contribution is 5.83. The number of piperidine rings is 1. The fraction of sp³-hybridized carbons (Fsp3) is 0.409. The number of phenolic OH excluding ortho intramolecular Hbond substituents is 1. The van der Waals surface area contributed by atoms with Crippen molar-refractivity contribution in [2.45, 2.75) is 25.8 Å². The quantitative estimate of drug-likeness (QED) is 0.548. The van der Waals surface area contributed by atoms with Gasteiger partial charge in [-0.2, -0.15) is 10.2 Å². The minimum Gasteiger partial charge on any atom is -0.507 e. The number of aliphatic hydroxyl groups is 1. The van der Waals surface area contributed by atoms with Gasteiger partial charge in [-0.25, -0.2) is 4.98 Å². The van der Waals surface area contributed by atoms with Crippen LogP contribution < -0.4 is 10.1 Å². The van der Waals surface area contributed by atoms with Gasteiger partial charge in [-0.15, -0.1) is 0 Å². The van der Waals surface area contributed by atoms with Gasteiger partial charge in [0, 0.05) is 30.8 Å². The van der Waals surface area contributed by atoms with Gasteiger partial charge < -0.3 is 24.7 Å². The van der Waals surface area contributed by atoms with E-state index in [-0.39, 0.29) is 18.4 Å². The van der Waals surface area contributed by atoms with E-state index in [0.29, 0.717) is 46.4 Å². The number of oxazole rings is 1. The number of β-amino-alcohol motifs (C(OH)–C–C–N with tert-alkyl or cyclic N) is 1. The Hall–Kier alpha value is -3.35. The Balaban J connectivity index is 1.67. The number of anilines is 1. The number of phenols is 1. The highest BCUT2D eigenvalue weighted by Gasteiger charge is 2.23. The van der Waals surface area contributed by atoms with Crippen molar-refractivity contribution < 1.29 is 19.4 Å². The molecular weight excluding hydrogens is 398 g/mol. The molecule has 162 valence electrons. The van der Waals surface area contributed by atoms with E-state index in [1.807, 2.05) is 13.0 Å². The molecule has 0 saturated carbocycles. The number of hydrogen-bond donors (Lipinski definition) is 3. The molecule has 0 unspecified atom stereocenters. The molecule has 0 spiro atoms. The first-order valence-electron chi connectivity index (χ1n) is 10.2. The zero-order valence-electron chi connectivity index (χ0n) is 17.6. The molecule has 1 fully saturated rings. The van der Waals surface area contributed by atoms with E-state index < -0.39 is 0 Å². The number of likely N-dealkylation sites (tertiary alicyclic amines) is 1. The lowest BCUT2D eigenvalue weighted by Crippen LogP contribution is -2.43. The molecule has 1 atom stereocenters. The van der Waals surface area contributed by atoms with Crippen LogP contribution in [0.2, 0.25) is 0 Å². The number of nitrogens with zero attached hydrogens (tertiary/aromatic N) is 4. The molecule has 1 aliphatic heterocycles. The second-order valence-corrected chi connectivity index (χ2v) is 7.69. The number of aromatic nitrogens is 2. The SMILES string of the molecule is COc1cc(-c2c(C)cc(C#N)cc2O)nc2nc(N[C@@H]3CCCN(CCO)C3)oc12. The predicted molar refractivity (Wildman–Crippen MR) is 115 cm³/mol. The predicted octanol–water partition coefficient (Wildman–Crippen LogP) is 2.65. The number of nitrogens with one attached hydrogen (secondary N) is 1. The molecule has 1 aromatic carbocycles. The topological polar surface area (TPSA) is 128 Å². The number of aryl methyl sites for hydroxylation is 1. The fourth-order valence-corrected chi connectivity index (χ4v) is 4.08. The molecule has 3 heterocycles. The van der Waals surface area contributed by atoms with Crippen molar-refractivity contribution in [1.82, 2.24) is 14.9 Å². The normalized spacial score (nSPS) is 16.9. The standard InChI is InChI=1S/C22H25N5O4/c1-13-8-14(11-23)9-17(29)19(13)16-10-18(30-2)20-21(25-16)26-22(31-20)24-15-4-3-5-27(12-15)6-7-28/h8-10,15,28-29H,3-7,12H2,1-2H3,(H,24,25,26)/t15-/m1/s1. The molecule has 9 heteroatoms. The Morgan fingerprint density at radius 1 is 1.35 bits per heavy atom. The number of rotatable bonds is 6. The summed E-state index contributed by atoms with van der Waals surface area (Å²) in [6.07, 6.45) is 2.01. The molecule has 3 aromatic rings. The van der Waals surface area contributed by atoms with Crippen LogP contribution in [-0.4, -0.2) is 64.5 Å². The molecule has 4 rings (SSSR count). The number of fused-ring (bicyclic) bond motifs is 1. The molecule has 31 heavy (non-hydrogen) atoms. The summed E-state index contributed by atoms with van der Waals surface area (Å²) in [5.41, 5.74) is 2.88. The largest absolute Gasteiger partial charge is 0.507 e. The van der Waals surface area contributed by atoms with Gasteiger partial charge >= 0.3 is 0 Å². The smallest absolute Gasteiger partial charge is 0.297 e. The summed E-state index contributed by atoms with van der Waals surface area (Å²) in [4.78, 5) is 11.3. The average molecular weight is 423 g/mol. The average Bonchev–Trinajstić information content (AvgIpc) is 3.15. The van der Waals surface area contributed by atoms with Crippen LogP contribution in [0.1, 0.15) is 24.0 Å². The van der Waals surface area contributed by atoms with Gasteiger partial charge in [0.05, 0.1) is 31.0 Å². The van der Waals surface area contributed by atoms with Crippen molar-refractivity contribution in [1.29, 1.82) is 5.26 Å². The minimum absolute atomic E-state index is 0.0292. The van der Waals surface area contributed by atoms with Gasteiger partial charge in [0.15, 0.2) is 5.75 Å². The molecule has 0 amide bonds. The first-order chi connectivity index (χ1) is 15.0. The van der Waals surface area contributed by atoms with Gasteiger partial charge in [-0.3, -0.25) is 4.90 Å². The van der Waals surface area contributed by atoms with Crippen molar-refractivity contribution in [2.24, 2.45) is 0 Å². The van der Waals surface area contributed by atoms with Crippen LogP contribution in [0.25, 0.3) is 22.5 Å². The van der Waals surface area contributed by atoms with Crippen LogP contribution in [0.5, 0.6) is 11.5 Å². The van der Waals surface area contributed by atoms with Gasteiger partial charge in [0.25, 0.3) is 6.01 Å². The van der Waals surface area contributed by atoms with E-state index in [1.165, 1.54) is 13.2 Å². The number of pyridine rings is 1. The molecular formula is C22H25N5O4. The maximum absolute atomic E-state index is 10.5. The van der Waals surface area contributed by atoms with Crippen LogP contribution in [0.4, 0.5) is 6.01 Å². The Morgan fingerprint density at radius 3 is 2.90 bits per heavy atom. The Morgan fingerprint density at radius 2 is 2.19 bits per heavy atom. The van der Waals surface area contributed by atoms with E-state index in [9.17, 15) is 10.2 Å². The molecule has 1 aliphatic rings. The summed E-state index contributed by atoms with van der Waals surface area (Å²) in [5, 5.41) is 32.1. The van der Waals surface area contributed by atoms with E-state index in [1.54, 1.807) is 12.1 Å². The summed E-state index contributed by atoms with van der Waals surface area (Å²) < 4.78 is 11.4. The first-order valence-corrected chi connectivity index (χ1v) is 10.2. The number of hydrogen-bond acceptors (Lipinski definition) is 9. The molecule has 0 aliphatic carbocycles. The lowest BCUT2D eigenvalue weighted by Gasteiger charge is -2.32. The van der Waals surface area contributed by atoms with E-state index >= 15 is 0 Å². The Labute approximate surface area is 179 Å². The van der Waals surface area contributed by atoms with Gasteiger partial charge in [0.2, 0.25) is 11.2 Å².